The lowest BCUT2D eigenvalue weighted by atomic mass is 10.0. The average molecular weight is 691 g/mol. The molecule has 0 saturated heterocycles. The fourth-order valence-electron chi connectivity index (χ4n) is 7.81. The van der Waals surface area contributed by atoms with Gasteiger partial charge in [-0.05, 0) is 37.7 Å². The van der Waals surface area contributed by atoms with Crippen LogP contribution >= 0.6 is 0 Å². The molecule has 1 heterocycles. The zero-order chi connectivity index (χ0) is 35.4. The summed E-state index contributed by atoms with van der Waals surface area (Å²) in [5.41, 5.74) is 2.78. The summed E-state index contributed by atoms with van der Waals surface area (Å²) in [7, 11) is 0. The Kier molecular flexibility index (Phi) is 30.8. The normalized spacial score (nSPS) is 11.6. The molecule has 2 heteroatoms. The van der Waals surface area contributed by atoms with E-state index < -0.39 is 0 Å². The third kappa shape index (κ3) is 26.2. The molecule has 0 radical (unpaired) electrons. The van der Waals surface area contributed by atoms with Crippen LogP contribution in [0.1, 0.15) is 243 Å². The van der Waals surface area contributed by atoms with E-state index in [2.05, 4.69) is 54.9 Å². The highest BCUT2D eigenvalue weighted by Gasteiger charge is 2.09. The number of imidazole rings is 1. The minimum absolute atomic E-state index is 1.10. The summed E-state index contributed by atoms with van der Waals surface area (Å²) in [6.07, 6.45) is 52.8. The molecule has 0 fully saturated rings. The second-order valence-corrected chi connectivity index (χ2v) is 16.0. The molecule has 2 nitrogen and oxygen atoms in total. The molecule has 2 rings (SSSR count). The zero-order valence-electron chi connectivity index (χ0n) is 34.0. The van der Waals surface area contributed by atoms with Crippen LogP contribution in [0.2, 0.25) is 0 Å². The summed E-state index contributed by atoms with van der Waals surface area (Å²) in [4.78, 5) is 5.20. The van der Waals surface area contributed by atoms with E-state index in [1.807, 2.05) is 0 Å². The summed E-state index contributed by atoms with van der Waals surface area (Å²) < 4.78 is 2.55. The maximum Gasteiger partial charge on any atom is 0.108 e. The first kappa shape index (κ1) is 44.6. The Balaban J connectivity index is 1.54. The largest absolute Gasteiger partial charge is 0.335 e. The molecule has 0 aliphatic carbocycles. The number of aryl methyl sites for hydroxylation is 4. The van der Waals surface area contributed by atoms with Gasteiger partial charge in [-0.15, -0.1) is 0 Å². The third-order valence-corrected chi connectivity index (χ3v) is 11.2. The first-order valence-electron chi connectivity index (χ1n) is 22.9. The fourth-order valence-corrected chi connectivity index (χ4v) is 7.81. The summed E-state index contributed by atoms with van der Waals surface area (Å²) in [6.45, 7) is 5.78. The fraction of sp³-hybridized carbons (Fsp3) is 0.812. The minimum atomic E-state index is 1.10. The predicted molar refractivity (Wildman–Crippen MR) is 223 cm³/mol. The Hall–Kier alpha value is -1.57. The van der Waals surface area contributed by atoms with Crippen molar-refractivity contribution in [1.29, 1.82) is 0 Å². The van der Waals surface area contributed by atoms with Crippen molar-refractivity contribution < 1.29 is 0 Å². The molecule has 0 saturated carbocycles. The van der Waals surface area contributed by atoms with Crippen molar-refractivity contribution in [3.63, 3.8) is 0 Å². The van der Waals surface area contributed by atoms with Crippen molar-refractivity contribution in [3.8, 4) is 0 Å². The Morgan fingerprint density at radius 3 is 1.18 bits per heavy atom. The van der Waals surface area contributed by atoms with Crippen molar-refractivity contribution in [2.75, 3.05) is 0 Å². The SMILES string of the molecule is CCCCCCCCCCCCCCCCCCc1nc(CCCc2ccccc2)cn1CCCCCCCCCCCCCCCCCC. The van der Waals surface area contributed by atoms with Crippen LogP contribution < -0.4 is 0 Å². The number of unbranched alkanes of at least 4 members (excludes halogenated alkanes) is 30. The molecule has 1 aromatic heterocycles. The van der Waals surface area contributed by atoms with Gasteiger partial charge in [-0.25, -0.2) is 4.98 Å². The van der Waals surface area contributed by atoms with E-state index >= 15 is 0 Å². The van der Waals surface area contributed by atoms with E-state index in [1.54, 1.807) is 0 Å². The van der Waals surface area contributed by atoms with Gasteiger partial charge in [0.05, 0.1) is 5.69 Å². The quantitative estimate of drug-likeness (QED) is 0.0641. The molecule has 0 atom stereocenters. The maximum absolute atomic E-state index is 5.20. The van der Waals surface area contributed by atoms with Crippen molar-refractivity contribution in [2.24, 2.45) is 0 Å². The van der Waals surface area contributed by atoms with Gasteiger partial charge in [0.15, 0.2) is 0 Å². The molecule has 50 heavy (non-hydrogen) atoms. The van der Waals surface area contributed by atoms with Gasteiger partial charge in [0, 0.05) is 19.2 Å². The Morgan fingerprint density at radius 2 is 0.760 bits per heavy atom. The number of benzene rings is 1. The highest BCUT2D eigenvalue weighted by atomic mass is 15.1. The second-order valence-electron chi connectivity index (χ2n) is 16.0. The molecule has 1 aromatic carbocycles. The van der Waals surface area contributed by atoms with E-state index in [4.69, 9.17) is 4.98 Å². The number of hydrogen-bond donors (Lipinski definition) is 0. The summed E-state index contributed by atoms with van der Waals surface area (Å²) in [5.74, 6) is 1.37. The summed E-state index contributed by atoms with van der Waals surface area (Å²) in [5, 5.41) is 0. The molecule has 0 aliphatic rings. The van der Waals surface area contributed by atoms with Gasteiger partial charge in [0.2, 0.25) is 0 Å². The van der Waals surface area contributed by atoms with Gasteiger partial charge >= 0.3 is 0 Å². The van der Waals surface area contributed by atoms with E-state index in [0.717, 1.165) is 19.3 Å². The topological polar surface area (TPSA) is 17.8 Å². The standard InChI is InChI=1S/C48H86N2/c1-3-5-7-9-11-13-15-17-19-21-23-25-27-29-31-36-43-48-49-47(42-38-41-46-39-34-33-35-40-46)45-50(48)44-37-32-30-28-26-24-22-20-18-16-14-12-10-8-6-4-2/h33-35,39-40,45H,3-32,36-38,41-44H2,1-2H3. The monoisotopic (exact) mass is 691 g/mol. The second kappa shape index (κ2) is 34.5. The van der Waals surface area contributed by atoms with Crippen molar-refractivity contribution in [1.82, 2.24) is 9.55 Å². The Bertz CT molecular complexity index is 893. The zero-order valence-corrected chi connectivity index (χ0v) is 34.0. The molecule has 0 N–H and O–H groups in total. The van der Waals surface area contributed by atoms with Crippen LogP contribution in [0.4, 0.5) is 0 Å². The number of rotatable bonds is 38. The van der Waals surface area contributed by atoms with Gasteiger partial charge in [0.25, 0.3) is 0 Å². The molecule has 288 valence electrons. The molecular formula is C48H86N2. The predicted octanol–water partition coefficient (Wildman–Crippen LogP) is 16.1. The molecule has 0 unspecified atom stereocenters. The number of nitrogens with zero attached hydrogens (tertiary/aromatic N) is 2. The van der Waals surface area contributed by atoms with Gasteiger partial charge < -0.3 is 4.57 Å². The van der Waals surface area contributed by atoms with Crippen LogP contribution in [-0.4, -0.2) is 9.55 Å². The lowest BCUT2D eigenvalue weighted by Gasteiger charge is -2.08. The summed E-state index contributed by atoms with van der Waals surface area (Å²) >= 11 is 0. The first-order chi connectivity index (χ1) is 24.8. The van der Waals surface area contributed by atoms with Crippen LogP contribution in [0.3, 0.4) is 0 Å². The Labute approximate surface area is 313 Å². The third-order valence-electron chi connectivity index (χ3n) is 11.2. The van der Waals surface area contributed by atoms with E-state index in [9.17, 15) is 0 Å². The van der Waals surface area contributed by atoms with E-state index in [1.165, 1.54) is 236 Å². The molecule has 2 aromatic rings. The van der Waals surface area contributed by atoms with Gasteiger partial charge in [-0.3, -0.25) is 0 Å². The first-order valence-corrected chi connectivity index (χ1v) is 22.9. The van der Waals surface area contributed by atoms with Crippen LogP contribution in [0.25, 0.3) is 0 Å². The average Bonchev–Trinajstić information content (AvgIpc) is 3.52. The van der Waals surface area contributed by atoms with E-state index in [-0.39, 0.29) is 0 Å². The molecule has 0 aliphatic heterocycles. The van der Waals surface area contributed by atoms with Crippen LogP contribution in [-0.2, 0) is 25.8 Å². The maximum atomic E-state index is 5.20. The molecule has 0 bridgehead atoms. The smallest absolute Gasteiger partial charge is 0.108 e. The number of hydrogen-bond acceptors (Lipinski definition) is 1. The van der Waals surface area contributed by atoms with Crippen molar-refractivity contribution in [3.05, 3.63) is 53.6 Å². The van der Waals surface area contributed by atoms with Crippen LogP contribution in [0, 0.1) is 0 Å². The molecular weight excluding hydrogens is 605 g/mol. The highest BCUT2D eigenvalue weighted by Crippen LogP contribution is 2.18. The lowest BCUT2D eigenvalue weighted by molar-refractivity contribution is 0.513. The molecule has 0 spiro atoms. The molecule has 0 amide bonds. The highest BCUT2D eigenvalue weighted by molar-refractivity contribution is 5.15. The minimum Gasteiger partial charge on any atom is -0.335 e. The van der Waals surface area contributed by atoms with Crippen molar-refractivity contribution >= 4 is 0 Å². The van der Waals surface area contributed by atoms with Crippen LogP contribution in [0.15, 0.2) is 36.5 Å². The summed E-state index contributed by atoms with van der Waals surface area (Å²) in [6, 6.07) is 11.0. The van der Waals surface area contributed by atoms with Crippen LogP contribution in [0.5, 0.6) is 0 Å². The van der Waals surface area contributed by atoms with Gasteiger partial charge in [-0.1, -0.05) is 237 Å². The lowest BCUT2D eigenvalue weighted by Crippen LogP contribution is -2.03. The van der Waals surface area contributed by atoms with E-state index in [0.29, 0.717) is 0 Å². The van der Waals surface area contributed by atoms with Gasteiger partial charge in [-0.2, -0.15) is 0 Å². The number of aromatic nitrogens is 2. The van der Waals surface area contributed by atoms with Gasteiger partial charge in [0.1, 0.15) is 5.82 Å². The Morgan fingerprint density at radius 1 is 0.380 bits per heavy atom. The van der Waals surface area contributed by atoms with Crippen molar-refractivity contribution in [2.45, 2.75) is 252 Å².